The minimum absolute atomic E-state index is 0. The summed E-state index contributed by atoms with van der Waals surface area (Å²) < 4.78 is 36.8. The van der Waals surface area contributed by atoms with Gasteiger partial charge in [-0.15, -0.1) is 58.6 Å². The van der Waals surface area contributed by atoms with Crippen molar-refractivity contribution in [3.8, 4) is 22.5 Å². The molecule has 0 spiro atoms. The number of halogens is 3. The van der Waals surface area contributed by atoms with E-state index < -0.39 is 24.3 Å². The van der Waals surface area contributed by atoms with Crippen LogP contribution in [-0.4, -0.2) is 27.0 Å². The molecule has 4 nitrogen and oxygen atoms in total. The van der Waals surface area contributed by atoms with E-state index in [0.29, 0.717) is 12.8 Å². The van der Waals surface area contributed by atoms with Gasteiger partial charge in [-0.25, -0.2) is 0 Å². The number of aromatic nitrogens is 2. The third-order valence-corrected chi connectivity index (χ3v) is 19.3. The Balaban J connectivity index is 0.000000169. The Labute approximate surface area is 554 Å². The maximum absolute atomic E-state index is 12.3. The third kappa shape index (κ3) is 15.4. The molecule has 90 heavy (non-hydrogen) atoms. The van der Waals surface area contributed by atoms with Gasteiger partial charge in [-0.2, -0.15) is 13.2 Å². The first-order valence-electron chi connectivity index (χ1n) is 31.8. The summed E-state index contributed by atoms with van der Waals surface area (Å²) in [5, 5.41) is 25.0. The molecule has 1 atom stereocenters. The van der Waals surface area contributed by atoms with Crippen molar-refractivity contribution in [3.05, 3.63) is 167 Å². The molecule has 0 aliphatic carbocycles. The Morgan fingerprint density at radius 1 is 0.533 bits per heavy atom. The number of aliphatic hydroxyl groups is 1. The van der Waals surface area contributed by atoms with Gasteiger partial charge in [-0.05, 0) is 162 Å². The molecule has 8 aromatic carbocycles. The summed E-state index contributed by atoms with van der Waals surface area (Å²) in [6.07, 6.45) is 5.09. The average Bonchev–Trinajstić information content (AvgIpc) is 0.728. The van der Waals surface area contributed by atoms with E-state index in [9.17, 15) is 23.1 Å². The molecular weight excluding hydrogens is 1330 g/mol. The Morgan fingerprint density at radius 2 is 0.967 bits per heavy atom. The van der Waals surface area contributed by atoms with Crippen molar-refractivity contribution >= 4 is 93.9 Å². The van der Waals surface area contributed by atoms with Crippen molar-refractivity contribution in [1.82, 2.24) is 9.97 Å². The maximum Gasteiger partial charge on any atom is 0.389 e. The van der Waals surface area contributed by atoms with Crippen LogP contribution in [0, 0.1) is 52.6 Å². The molecule has 0 saturated heterocycles. The van der Waals surface area contributed by atoms with Gasteiger partial charge < -0.3 is 5.11 Å². The molecule has 0 amide bonds. The molecule has 4 heterocycles. The molecule has 1 radical (unpaired) electrons. The summed E-state index contributed by atoms with van der Waals surface area (Å²) in [5.74, 6) is -2.00. The maximum atomic E-state index is 12.3. The van der Waals surface area contributed by atoms with Crippen LogP contribution in [-0.2, 0) is 50.6 Å². The van der Waals surface area contributed by atoms with Gasteiger partial charge in [-0.1, -0.05) is 209 Å². The predicted octanol–water partition coefficient (Wildman–Crippen LogP) is 24.0. The summed E-state index contributed by atoms with van der Waals surface area (Å²) in [6.45, 7) is 35.2. The number of aliphatic hydroxyl groups excluding tert-OH is 1. The normalized spacial score (nSPS) is 13.7. The number of nitrogens with zero attached hydrogens (tertiary/aromatic N) is 2. The second-order valence-electron chi connectivity index (χ2n) is 29.8. The number of alkyl halides is 3. The second kappa shape index (κ2) is 26.5. The van der Waals surface area contributed by atoms with Crippen LogP contribution in [0.1, 0.15) is 157 Å². The first kappa shape index (κ1) is 68.3. The van der Waals surface area contributed by atoms with E-state index in [2.05, 4.69) is 205 Å². The zero-order valence-corrected chi connectivity index (χ0v) is 59.4. The van der Waals surface area contributed by atoms with Crippen LogP contribution in [0.2, 0.25) is 0 Å². The fraction of sp³-hybridized carbons (Fsp3) is 0.388. The zero-order valence-electron chi connectivity index (χ0n) is 55.4. The Bertz CT molecular complexity index is 4400. The van der Waals surface area contributed by atoms with Crippen LogP contribution >= 0.6 is 23.5 Å². The van der Waals surface area contributed by atoms with Crippen molar-refractivity contribution in [2.75, 3.05) is 0 Å². The van der Waals surface area contributed by atoms with Gasteiger partial charge in [0.05, 0.1) is 12.2 Å². The number of ketones is 1. The van der Waals surface area contributed by atoms with E-state index in [1.165, 1.54) is 118 Å². The van der Waals surface area contributed by atoms with E-state index in [4.69, 9.17) is 9.97 Å². The van der Waals surface area contributed by atoms with Crippen molar-refractivity contribution < 1.29 is 43.2 Å². The number of benzene rings is 8. The van der Waals surface area contributed by atoms with Crippen LogP contribution in [0.15, 0.2) is 147 Å². The fourth-order valence-electron chi connectivity index (χ4n) is 13.0. The van der Waals surface area contributed by atoms with Gasteiger partial charge >= 0.3 is 6.18 Å². The van der Waals surface area contributed by atoms with Crippen LogP contribution in [0.4, 0.5) is 13.2 Å². The number of carbonyl (C=O) groups excluding carboxylic acids is 1. The number of hydrogen-bond donors (Lipinski definition) is 1. The standard InChI is InChI=1S/C34H34NS.C33H32NS.C13H21F3O2.Ir/c1-20-8-10-25-22(14-20)16-27-31-30-26(12-13-35-31)24-11-9-21(18-33(2,3)4)15-23(24)17-29(30)36-32(27)28(25)19-34(5,6)7;1-32(2,3)18-20-11-12-24-22(15-20)17-28-29-25(24)13-14-34-30(29)26-16-21-9-7-8-10-23(21)27(31(26)35-28)19-33(4,5)6;1-4-9(5-2)11(17)7-12(18)10(6-3)8-13(14,15)16;/h8-15,17H,18-19H2,1-7H3;7-15,17H,18-19H2,1-6H3;7,9-10,18H,4-6,8H2,1-3H3;/q2*-1;;/b;;12-7-;. The minimum Gasteiger partial charge on any atom is -0.512 e. The molecule has 1 N–H and O–H groups in total. The molecule has 0 bridgehead atoms. The largest absolute Gasteiger partial charge is 0.512 e. The third-order valence-electron chi connectivity index (χ3n) is 16.9. The zero-order chi connectivity index (χ0) is 64.3. The molecule has 0 fully saturated rings. The molecule has 2 aromatic heterocycles. The molecule has 10 heteroatoms. The van der Waals surface area contributed by atoms with Gasteiger partial charge in [0.1, 0.15) is 0 Å². The Kier molecular flexibility index (Phi) is 20.1. The van der Waals surface area contributed by atoms with Crippen molar-refractivity contribution in [1.29, 1.82) is 0 Å². The van der Waals surface area contributed by atoms with Crippen molar-refractivity contribution in [3.63, 3.8) is 0 Å². The van der Waals surface area contributed by atoms with Crippen molar-refractivity contribution in [2.45, 2.75) is 188 Å². The first-order valence-corrected chi connectivity index (χ1v) is 33.4. The number of hydrogen-bond acceptors (Lipinski definition) is 6. The average molecular weight is 1420 g/mol. The topological polar surface area (TPSA) is 63.1 Å². The summed E-state index contributed by atoms with van der Waals surface area (Å²) in [4.78, 5) is 26.9. The van der Waals surface area contributed by atoms with E-state index in [1.807, 2.05) is 49.8 Å². The SMILES string of the molecule is CC(C)(C)Cc1ccc2c(c1)cc1c3c(nccc32)-c2[c-]c3ccccc3c(CC(C)(C)C)c2S1.CCC(CC)C(=O)/C=C(\O)C(CC)CC(F)(F)F.Cc1ccc2c(CC(C)(C)C)c3c([c-]c2c1)-c1nccc2c1c(cc1cc(CC(C)(C)C)ccc12)S3.[Ir]. The van der Waals surface area contributed by atoms with Gasteiger partial charge in [0.25, 0.3) is 0 Å². The molecule has 2 aliphatic rings. The molecule has 12 rings (SSSR count). The molecule has 1 unspecified atom stereocenters. The number of allylic oxidation sites excluding steroid dienone is 2. The number of rotatable bonds is 11. The van der Waals surface area contributed by atoms with Crippen LogP contribution in [0.25, 0.3) is 87.1 Å². The number of pyridine rings is 2. The van der Waals surface area contributed by atoms with Crippen LogP contribution in [0.3, 0.4) is 0 Å². The smallest absolute Gasteiger partial charge is 0.389 e. The summed E-state index contributed by atoms with van der Waals surface area (Å²) >= 11 is 3.84. The molecular formula is C80H87F3IrN2O2S2-2. The summed E-state index contributed by atoms with van der Waals surface area (Å²) in [6, 6.07) is 46.4. The van der Waals surface area contributed by atoms with E-state index in [-0.39, 0.29) is 59.9 Å². The van der Waals surface area contributed by atoms with Crippen LogP contribution in [0.5, 0.6) is 0 Å². The van der Waals surface area contributed by atoms with Crippen LogP contribution < -0.4 is 0 Å². The number of aryl methyl sites for hydroxylation is 1. The first-order chi connectivity index (χ1) is 41.8. The molecule has 2 aliphatic heterocycles. The van der Waals surface area contributed by atoms with E-state index in [0.717, 1.165) is 48.7 Å². The Hall–Kier alpha value is -6.03. The monoisotopic (exact) mass is 1420 g/mol. The molecule has 10 aromatic rings. The summed E-state index contributed by atoms with van der Waals surface area (Å²) in [5.41, 5.74) is 12.3. The predicted molar refractivity (Wildman–Crippen MR) is 372 cm³/mol. The molecule has 0 saturated carbocycles. The number of carbonyl (C=O) groups is 1. The van der Waals surface area contributed by atoms with E-state index in [1.54, 1.807) is 6.92 Å². The van der Waals surface area contributed by atoms with E-state index >= 15 is 0 Å². The van der Waals surface area contributed by atoms with Crippen molar-refractivity contribution in [2.24, 2.45) is 33.5 Å². The Morgan fingerprint density at radius 3 is 1.41 bits per heavy atom. The minimum atomic E-state index is -4.33. The van der Waals surface area contributed by atoms with Gasteiger partial charge in [-0.3, -0.25) is 14.8 Å². The fourth-order valence-corrected chi connectivity index (χ4v) is 15.6. The van der Waals surface area contributed by atoms with Gasteiger partial charge in [0.2, 0.25) is 0 Å². The van der Waals surface area contributed by atoms with Gasteiger partial charge in [0, 0.05) is 71.6 Å². The van der Waals surface area contributed by atoms with Gasteiger partial charge in [0.15, 0.2) is 5.78 Å². The number of fused-ring (bicyclic) bond motifs is 10. The summed E-state index contributed by atoms with van der Waals surface area (Å²) in [7, 11) is 0. The second-order valence-corrected chi connectivity index (χ2v) is 31.9. The molecule has 473 valence electrons. The quantitative estimate of drug-likeness (QED) is 0.0603.